The number of halogens is 1. The van der Waals surface area contributed by atoms with Gasteiger partial charge in [0.05, 0.1) is 22.8 Å². The molecule has 3 rings (SSSR count). The van der Waals surface area contributed by atoms with Gasteiger partial charge in [0.2, 0.25) is 5.91 Å². The van der Waals surface area contributed by atoms with Crippen LogP contribution in [0, 0.1) is 0 Å². The summed E-state index contributed by atoms with van der Waals surface area (Å²) in [5.41, 5.74) is 2.04. The Morgan fingerprint density at radius 2 is 2.00 bits per heavy atom. The van der Waals surface area contributed by atoms with E-state index >= 15 is 0 Å². The molecule has 6 heteroatoms. The first-order chi connectivity index (χ1) is 12.5. The zero-order chi connectivity index (χ0) is 18.7. The van der Waals surface area contributed by atoms with Crippen molar-refractivity contribution in [3.63, 3.8) is 0 Å². The maximum atomic E-state index is 12.6. The third-order valence-corrected chi connectivity index (χ3v) is 5.99. The second-order valence-corrected chi connectivity index (χ2v) is 7.86. The summed E-state index contributed by atoms with van der Waals surface area (Å²) in [5.74, 6) is 0.0330. The van der Waals surface area contributed by atoms with Gasteiger partial charge in [-0.2, -0.15) is 0 Å². The van der Waals surface area contributed by atoms with Crippen LogP contribution in [0.2, 0.25) is 5.02 Å². The van der Waals surface area contributed by atoms with E-state index in [0.29, 0.717) is 5.02 Å². The number of nitrogens with zero attached hydrogens (tertiary/aromatic N) is 2. The van der Waals surface area contributed by atoms with Crippen LogP contribution in [0.4, 0.5) is 0 Å². The summed E-state index contributed by atoms with van der Waals surface area (Å²) in [7, 11) is 1.82. The van der Waals surface area contributed by atoms with E-state index in [4.69, 9.17) is 11.6 Å². The lowest BCUT2D eigenvalue weighted by atomic mass is 10.1. The van der Waals surface area contributed by atoms with Gasteiger partial charge in [-0.25, -0.2) is 4.98 Å². The summed E-state index contributed by atoms with van der Waals surface area (Å²) < 4.78 is 1.14. The highest BCUT2D eigenvalue weighted by atomic mass is 35.5. The number of para-hydroxylation sites is 1. The van der Waals surface area contributed by atoms with E-state index in [9.17, 15) is 4.79 Å². The number of fused-ring (bicyclic) bond motifs is 1. The maximum Gasteiger partial charge on any atom is 0.236 e. The fraction of sp³-hybridized carbons (Fsp3) is 0.300. The molecule has 3 aromatic rings. The van der Waals surface area contributed by atoms with Gasteiger partial charge in [-0.3, -0.25) is 4.79 Å². The first kappa shape index (κ1) is 18.8. The van der Waals surface area contributed by atoms with Gasteiger partial charge in [0.25, 0.3) is 0 Å². The molecule has 2 aromatic carbocycles. The van der Waals surface area contributed by atoms with E-state index in [-0.39, 0.29) is 24.5 Å². The van der Waals surface area contributed by atoms with Crippen LogP contribution in [0.1, 0.15) is 36.5 Å². The smallest absolute Gasteiger partial charge is 0.236 e. The van der Waals surface area contributed by atoms with Crippen LogP contribution >= 0.6 is 22.9 Å². The first-order valence-corrected chi connectivity index (χ1v) is 9.75. The average Bonchev–Trinajstić information content (AvgIpc) is 3.08. The molecule has 1 N–H and O–H groups in total. The van der Waals surface area contributed by atoms with Crippen LogP contribution in [-0.4, -0.2) is 29.4 Å². The molecule has 0 bridgehead atoms. The second kappa shape index (κ2) is 8.16. The van der Waals surface area contributed by atoms with Crippen LogP contribution in [-0.2, 0) is 4.79 Å². The topological polar surface area (TPSA) is 45.2 Å². The van der Waals surface area contributed by atoms with Crippen molar-refractivity contribution in [2.24, 2.45) is 0 Å². The minimum absolute atomic E-state index is 0.0330. The standard InChI is InChI=1S/C20H22ClN3OS/c1-13(15-7-6-8-16(21)11-15)22-12-19(25)24(3)14(2)20-23-17-9-4-5-10-18(17)26-20/h4-11,13-14,22H,12H2,1-3H3/t13-,14+/m0/s1. The van der Waals surface area contributed by atoms with Crippen molar-refractivity contribution in [2.45, 2.75) is 25.9 Å². The lowest BCUT2D eigenvalue weighted by Crippen LogP contribution is -2.37. The van der Waals surface area contributed by atoms with Crippen LogP contribution in [0.3, 0.4) is 0 Å². The lowest BCUT2D eigenvalue weighted by molar-refractivity contribution is -0.131. The lowest BCUT2D eigenvalue weighted by Gasteiger charge is -2.24. The predicted molar refractivity (Wildman–Crippen MR) is 109 cm³/mol. The maximum absolute atomic E-state index is 12.6. The van der Waals surface area contributed by atoms with Gasteiger partial charge in [0, 0.05) is 18.1 Å². The van der Waals surface area contributed by atoms with Crippen LogP contribution < -0.4 is 5.32 Å². The number of hydrogen-bond acceptors (Lipinski definition) is 4. The molecular formula is C20H22ClN3OS. The number of hydrogen-bond donors (Lipinski definition) is 1. The number of carbonyl (C=O) groups excluding carboxylic acids is 1. The van der Waals surface area contributed by atoms with E-state index in [1.165, 1.54) is 0 Å². The van der Waals surface area contributed by atoms with Crippen molar-refractivity contribution in [3.8, 4) is 0 Å². The van der Waals surface area contributed by atoms with Crippen molar-refractivity contribution in [1.29, 1.82) is 0 Å². The molecule has 26 heavy (non-hydrogen) atoms. The fourth-order valence-corrected chi connectivity index (χ4v) is 3.97. The summed E-state index contributed by atoms with van der Waals surface area (Å²) in [6.45, 7) is 4.30. The number of likely N-dealkylation sites (N-methyl/N-ethyl adjacent to an activating group) is 1. The highest BCUT2D eigenvalue weighted by molar-refractivity contribution is 7.18. The first-order valence-electron chi connectivity index (χ1n) is 8.55. The van der Waals surface area contributed by atoms with E-state index in [1.54, 1.807) is 16.2 Å². The second-order valence-electron chi connectivity index (χ2n) is 6.36. The molecule has 0 aliphatic heterocycles. The number of benzene rings is 2. The molecule has 0 unspecified atom stereocenters. The van der Waals surface area contributed by atoms with Crippen molar-refractivity contribution in [2.75, 3.05) is 13.6 Å². The average molecular weight is 388 g/mol. The van der Waals surface area contributed by atoms with Gasteiger partial charge in [-0.15, -0.1) is 11.3 Å². The normalized spacial score (nSPS) is 13.5. The van der Waals surface area contributed by atoms with Crippen molar-refractivity contribution >= 4 is 39.1 Å². The zero-order valence-corrected chi connectivity index (χ0v) is 16.6. The molecule has 1 amide bonds. The summed E-state index contributed by atoms with van der Waals surface area (Å²) in [4.78, 5) is 19.0. The Kier molecular flexibility index (Phi) is 5.91. The van der Waals surface area contributed by atoms with E-state index in [2.05, 4.69) is 16.4 Å². The van der Waals surface area contributed by atoms with Crippen LogP contribution in [0.25, 0.3) is 10.2 Å². The Hall–Kier alpha value is -1.95. The number of thiazole rings is 1. The van der Waals surface area contributed by atoms with Gasteiger partial charge < -0.3 is 10.2 Å². The number of carbonyl (C=O) groups is 1. The number of amides is 1. The minimum Gasteiger partial charge on any atom is -0.335 e. The van der Waals surface area contributed by atoms with Crippen LogP contribution in [0.5, 0.6) is 0 Å². The van der Waals surface area contributed by atoms with Crippen molar-refractivity contribution in [3.05, 3.63) is 64.1 Å². The number of aromatic nitrogens is 1. The Labute approximate surface area is 162 Å². The van der Waals surface area contributed by atoms with Gasteiger partial charge in [-0.1, -0.05) is 35.9 Å². The SMILES string of the molecule is C[C@H](NCC(=O)N(C)[C@H](C)c1nc2ccccc2s1)c1cccc(Cl)c1. The quantitative estimate of drug-likeness (QED) is 0.659. The van der Waals surface area contributed by atoms with Crippen molar-refractivity contribution in [1.82, 2.24) is 15.2 Å². The molecule has 4 nitrogen and oxygen atoms in total. The summed E-state index contributed by atoms with van der Waals surface area (Å²) in [5, 5.41) is 4.92. The molecule has 1 heterocycles. The van der Waals surface area contributed by atoms with Gasteiger partial charge in [0.1, 0.15) is 5.01 Å². The Morgan fingerprint density at radius 3 is 2.73 bits per heavy atom. The zero-order valence-electron chi connectivity index (χ0n) is 15.1. The predicted octanol–water partition coefficient (Wildman–Crippen LogP) is 4.82. The fourth-order valence-electron chi connectivity index (χ4n) is 2.71. The van der Waals surface area contributed by atoms with Crippen molar-refractivity contribution < 1.29 is 4.79 Å². The summed E-state index contributed by atoms with van der Waals surface area (Å²) in [6, 6.07) is 15.7. The molecule has 0 fully saturated rings. The van der Waals surface area contributed by atoms with Gasteiger partial charge in [-0.05, 0) is 43.7 Å². The third-order valence-electron chi connectivity index (χ3n) is 4.55. The van der Waals surface area contributed by atoms with Gasteiger partial charge >= 0.3 is 0 Å². The van der Waals surface area contributed by atoms with E-state index < -0.39 is 0 Å². The monoisotopic (exact) mass is 387 g/mol. The molecule has 0 spiro atoms. The molecule has 0 saturated heterocycles. The van der Waals surface area contributed by atoms with E-state index in [0.717, 1.165) is 20.8 Å². The number of nitrogens with one attached hydrogen (secondary N) is 1. The number of rotatable bonds is 6. The minimum atomic E-state index is -0.0665. The molecule has 0 saturated carbocycles. The molecule has 136 valence electrons. The largest absolute Gasteiger partial charge is 0.335 e. The summed E-state index contributed by atoms with van der Waals surface area (Å²) >= 11 is 7.67. The van der Waals surface area contributed by atoms with E-state index in [1.807, 2.05) is 63.4 Å². The molecule has 2 atom stereocenters. The third kappa shape index (κ3) is 4.23. The molecule has 0 aliphatic carbocycles. The highest BCUT2D eigenvalue weighted by Gasteiger charge is 2.21. The van der Waals surface area contributed by atoms with Crippen LogP contribution in [0.15, 0.2) is 48.5 Å². The molecular weight excluding hydrogens is 366 g/mol. The highest BCUT2D eigenvalue weighted by Crippen LogP contribution is 2.28. The van der Waals surface area contributed by atoms with Gasteiger partial charge in [0.15, 0.2) is 0 Å². The molecule has 0 aliphatic rings. The Bertz CT molecular complexity index is 878. The summed E-state index contributed by atoms with van der Waals surface area (Å²) in [6.07, 6.45) is 0. The Morgan fingerprint density at radius 1 is 1.23 bits per heavy atom. The Balaban J connectivity index is 1.61. The molecule has 1 aromatic heterocycles. The molecule has 0 radical (unpaired) electrons.